The molecule has 3 nitrogen and oxygen atoms in total. The van der Waals surface area contributed by atoms with E-state index in [9.17, 15) is 9.18 Å². The molecule has 1 atom stereocenters. The van der Waals surface area contributed by atoms with Crippen molar-refractivity contribution in [2.75, 3.05) is 26.7 Å². The number of carbonyl (C=O) groups excluding carboxylic acids is 1. The van der Waals surface area contributed by atoms with Gasteiger partial charge < -0.3 is 9.80 Å². The van der Waals surface area contributed by atoms with Gasteiger partial charge in [-0.15, -0.1) is 0 Å². The monoisotopic (exact) mass is 278 g/mol. The first kappa shape index (κ1) is 15.0. The molecule has 1 aliphatic heterocycles. The fourth-order valence-corrected chi connectivity index (χ4v) is 2.83. The molecular formula is C16H23FN2O. The lowest BCUT2D eigenvalue weighted by Gasteiger charge is -2.30. The number of carbonyl (C=O) groups is 1. The number of aryl methyl sites for hydroxylation is 1. The summed E-state index contributed by atoms with van der Waals surface area (Å²) in [5.41, 5.74) is 0.726. The molecule has 1 aliphatic rings. The first-order valence-corrected chi connectivity index (χ1v) is 7.29. The SMILES string of the molecule is CCC1CN(C)CCCN1C(=O)c1cccc(C)c1F. The van der Waals surface area contributed by atoms with Gasteiger partial charge in [-0.2, -0.15) is 0 Å². The molecule has 0 bridgehead atoms. The summed E-state index contributed by atoms with van der Waals surface area (Å²) in [5.74, 6) is -0.557. The normalized spacial score (nSPS) is 20.8. The Kier molecular flexibility index (Phi) is 4.76. The van der Waals surface area contributed by atoms with E-state index < -0.39 is 0 Å². The Bertz CT molecular complexity index is 489. The third-order valence-corrected chi connectivity index (χ3v) is 4.06. The highest BCUT2D eigenvalue weighted by atomic mass is 19.1. The van der Waals surface area contributed by atoms with Crippen molar-refractivity contribution in [3.8, 4) is 0 Å². The molecule has 4 heteroatoms. The molecule has 0 radical (unpaired) electrons. The molecule has 1 aromatic carbocycles. The van der Waals surface area contributed by atoms with Crippen LogP contribution in [-0.2, 0) is 0 Å². The van der Waals surface area contributed by atoms with Crippen molar-refractivity contribution < 1.29 is 9.18 Å². The number of nitrogens with zero attached hydrogens (tertiary/aromatic N) is 2. The van der Waals surface area contributed by atoms with Gasteiger partial charge in [0, 0.05) is 19.1 Å². The predicted octanol–water partition coefficient (Wildman–Crippen LogP) is 2.69. The molecule has 0 aromatic heterocycles. The van der Waals surface area contributed by atoms with Gasteiger partial charge in [-0.3, -0.25) is 4.79 Å². The minimum Gasteiger partial charge on any atom is -0.334 e. The lowest BCUT2D eigenvalue weighted by molar-refractivity contribution is 0.0670. The average Bonchev–Trinajstić information content (AvgIpc) is 2.62. The molecule has 110 valence electrons. The van der Waals surface area contributed by atoms with Gasteiger partial charge in [0.15, 0.2) is 0 Å². The van der Waals surface area contributed by atoms with Crippen molar-refractivity contribution in [1.82, 2.24) is 9.80 Å². The van der Waals surface area contributed by atoms with Gasteiger partial charge in [0.2, 0.25) is 0 Å². The number of hydrogen-bond donors (Lipinski definition) is 0. The molecule has 1 amide bonds. The van der Waals surface area contributed by atoms with Gasteiger partial charge in [-0.05, 0) is 45.0 Å². The van der Waals surface area contributed by atoms with E-state index in [-0.39, 0.29) is 23.3 Å². The minimum atomic E-state index is -0.384. The topological polar surface area (TPSA) is 23.6 Å². The van der Waals surface area contributed by atoms with Crippen LogP contribution in [0, 0.1) is 12.7 Å². The molecule has 1 fully saturated rings. The lowest BCUT2D eigenvalue weighted by atomic mass is 10.1. The Hall–Kier alpha value is -1.42. The largest absolute Gasteiger partial charge is 0.334 e. The van der Waals surface area contributed by atoms with Gasteiger partial charge in [0.1, 0.15) is 5.82 Å². The van der Waals surface area contributed by atoms with Crippen LogP contribution in [0.4, 0.5) is 4.39 Å². The Morgan fingerprint density at radius 3 is 2.85 bits per heavy atom. The molecule has 2 rings (SSSR count). The van der Waals surface area contributed by atoms with E-state index in [0.717, 1.165) is 25.9 Å². The molecule has 1 unspecified atom stereocenters. The maximum Gasteiger partial charge on any atom is 0.257 e. The van der Waals surface area contributed by atoms with E-state index in [4.69, 9.17) is 0 Å². The maximum atomic E-state index is 14.2. The number of amides is 1. The van der Waals surface area contributed by atoms with Gasteiger partial charge >= 0.3 is 0 Å². The van der Waals surface area contributed by atoms with Crippen LogP contribution < -0.4 is 0 Å². The van der Waals surface area contributed by atoms with Crippen LogP contribution in [0.15, 0.2) is 18.2 Å². The average molecular weight is 278 g/mol. The molecule has 0 N–H and O–H groups in total. The van der Waals surface area contributed by atoms with E-state index in [1.54, 1.807) is 25.1 Å². The number of likely N-dealkylation sites (N-methyl/N-ethyl adjacent to an activating group) is 1. The van der Waals surface area contributed by atoms with E-state index in [1.165, 1.54) is 0 Å². The van der Waals surface area contributed by atoms with Crippen LogP contribution >= 0.6 is 0 Å². The molecule has 20 heavy (non-hydrogen) atoms. The number of benzene rings is 1. The Balaban J connectivity index is 2.28. The molecule has 0 aliphatic carbocycles. The van der Waals surface area contributed by atoms with E-state index in [1.807, 2.05) is 4.90 Å². The number of rotatable bonds is 2. The van der Waals surface area contributed by atoms with Gasteiger partial charge in [0.05, 0.1) is 5.56 Å². The summed E-state index contributed by atoms with van der Waals surface area (Å²) >= 11 is 0. The second kappa shape index (κ2) is 6.35. The Morgan fingerprint density at radius 2 is 2.15 bits per heavy atom. The third kappa shape index (κ3) is 3.01. The summed E-state index contributed by atoms with van der Waals surface area (Å²) < 4.78 is 14.2. The van der Waals surface area contributed by atoms with Crippen LogP contribution in [-0.4, -0.2) is 48.4 Å². The minimum absolute atomic E-state index is 0.162. The second-order valence-electron chi connectivity index (χ2n) is 5.61. The van der Waals surface area contributed by atoms with E-state index in [2.05, 4.69) is 18.9 Å². The first-order valence-electron chi connectivity index (χ1n) is 7.29. The molecule has 1 aromatic rings. The lowest BCUT2D eigenvalue weighted by Crippen LogP contribution is -2.43. The highest BCUT2D eigenvalue weighted by molar-refractivity contribution is 5.95. The molecule has 0 saturated carbocycles. The van der Waals surface area contributed by atoms with Gasteiger partial charge in [-0.1, -0.05) is 19.1 Å². The molecule has 1 saturated heterocycles. The number of halogens is 1. The van der Waals surface area contributed by atoms with Gasteiger partial charge in [-0.25, -0.2) is 4.39 Å². The number of hydrogen-bond acceptors (Lipinski definition) is 2. The molecular weight excluding hydrogens is 255 g/mol. The van der Waals surface area contributed by atoms with Crippen LogP contribution in [0.25, 0.3) is 0 Å². The first-order chi connectivity index (χ1) is 9.54. The summed E-state index contributed by atoms with van der Waals surface area (Å²) in [7, 11) is 2.07. The maximum absolute atomic E-state index is 14.2. The predicted molar refractivity (Wildman–Crippen MR) is 78.4 cm³/mol. The van der Waals surface area contributed by atoms with Crippen molar-refractivity contribution in [2.24, 2.45) is 0 Å². The van der Waals surface area contributed by atoms with Crippen molar-refractivity contribution in [3.05, 3.63) is 35.1 Å². The van der Waals surface area contributed by atoms with Crippen molar-refractivity contribution in [3.63, 3.8) is 0 Å². The zero-order valence-corrected chi connectivity index (χ0v) is 12.5. The third-order valence-electron chi connectivity index (χ3n) is 4.06. The van der Waals surface area contributed by atoms with E-state index in [0.29, 0.717) is 12.1 Å². The zero-order valence-electron chi connectivity index (χ0n) is 12.5. The summed E-state index contributed by atoms with van der Waals surface area (Å²) in [5, 5.41) is 0. The van der Waals surface area contributed by atoms with Crippen molar-refractivity contribution >= 4 is 5.91 Å². The van der Waals surface area contributed by atoms with E-state index >= 15 is 0 Å². The Labute approximate surface area is 120 Å². The highest BCUT2D eigenvalue weighted by Gasteiger charge is 2.28. The quantitative estimate of drug-likeness (QED) is 0.830. The molecule has 0 spiro atoms. The zero-order chi connectivity index (χ0) is 14.7. The van der Waals surface area contributed by atoms with Gasteiger partial charge in [0.25, 0.3) is 5.91 Å². The van der Waals surface area contributed by atoms with Crippen molar-refractivity contribution in [1.29, 1.82) is 0 Å². The second-order valence-corrected chi connectivity index (χ2v) is 5.61. The standard InChI is InChI=1S/C16H23FN2O/c1-4-13-11-18(3)9-6-10-19(13)16(20)14-8-5-7-12(2)15(14)17/h5,7-8,13H,4,6,9-11H2,1-3H3. The smallest absolute Gasteiger partial charge is 0.257 e. The Morgan fingerprint density at radius 1 is 1.40 bits per heavy atom. The van der Waals surface area contributed by atoms with Crippen LogP contribution in [0.5, 0.6) is 0 Å². The fourth-order valence-electron chi connectivity index (χ4n) is 2.83. The van der Waals surface area contributed by atoms with Crippen LogP contribution in [0.2, 0.25) is 0 Å². The van der Waals surface area contributed by atoms with Crippen molar-refractivity contribution in [2.45, 2.75) is 32.7 Å². The fraction of sp³-hybridized carbons (Fsp3) is 0.562. The summed E-state index contributed by atoms with van der Waals surface area (Å²) in [6, 6.07) is 5.19. The summed E-state index contributed by atoms with van der Waals surface area (Å²) in [4.78, 5) is 16.8. The highest BCUT2D eigenvalue weighted by Crippen LogP contribution is 2.19. The molecule has 1 heterocycles. The van der Waals surface area contributed by atoms with Crippen LogP contribution in [0.3, 0.4) is 0 Å². The summed E-state index contributed by atoms with van der Waals surface area (Å²) in [6.45, 7) is 6.32. The summed E-state index contributed by atoms with van der Waals surface area (Å²) in [6.07, 6.45) is 1.83. The van der Waals surface area contributed by atoms with Crippen LogP contribution in [0.1, 0.15) is 35.7 Å².